The topological polar surface area (TPSA) is 17.1 Å². The number of rotatable bonds is 0. The Morgan fingerprint density at radius 3 is 1.78 bits per heavy atom. The zero-order chi connectivity index (χ0) is 6.24. The summed E-state index contributed by atoms with van der Waals surface area (Å²) in [6, 6.07) is 10.0. The molecule has 0 N–H and O–H groups in total. The fraction of sp³-hybridized carbons (Fsp3) is 0.143. The van der Waals surface area contributed by atoms with E-state index in [0.717, 1.165) is 0 Å². The first-order valence-electron chi connectivity index (χ1n) is 2.37. The Balaban J connectivity index is 0. The first-order valence-corrected chi connectivity index (χ1v) is 2.37. The second-order valence-corrected chi connectivity index (χ2v) is 1.17. The van der Waals surface area contributed by atoms with Crippen LogP contribution >= 0.6 is 0 Å². The molecule has 0 saturated heterocycles. The van der Waals surface area contributed by atoms with Crippen LogP contribution in [0.15, 0.2) is 30.3 Å². The third kappa shape index (κ3) is 11.3. The van der Waals surface area contributed by atoms with Crippen LogP contribution in [0.1, 0.15) is 6.92 Å². The predicted molar refractivity (Wildman–Crippen MR) is 33.4 cm³/mol. The van der Waals surface area contributed by atoms with Crippen LogP contribution in [0.25, 0.3) is 0 Å². The fourth-order valence-electron chi connectivity index (χ4n) is 0.321. The molecule has 0 amide bonds. The summed E-state index contributed by atoms with van der Waals surface area (Å²) >= 11 is 0. The third-order valence-corrected chi connectivity index (χ3v) is 0.556. The molecule has 2 heteroatoms. The summed E-state index contributed by atoms with van der Waals surface area (Å²) in [5, 5.41) is 0. The average Bonchev–Trinajstić information content (AvgIpc) is 2.17. The van der Waals surface area contributed by atoms with E-state index in [1.165, 1.54) is 13.2 Å². The second-order valence-electron chi connectivity index (χ2n) is 1.17. The molecule has 0 saturated carbocycles. The van der Waals surface area contributed by atoms with Gasteiger partial charge in [-0.1, -0.05) is 0 Å². The summed E-state index contributed by atoms with van der Waals surface area (Å²) in [6.45, 7) is 1.32. The standard InChI is InChI=1S/C5H5.C2H3O.Re/c1-2-4-5-3-1;1-2-3;/h1-5H;1H3;/q2*-1;. The van der Waals surface area contributed by atoms with Gasteiger partial charge in [0.25, 0.3) is 0 Å². The van der Waals surface area contributed by atoms with Crippen molar-refractivity contribution in [3.8, 4) is 0 Å². The van der Waals surface area contributed by atoms with E-state index in [1.807, 2.05) is 30.3 Å². The average molecular weight is 294 g/mol. The van der Waals surface area contributed by atoms with Gasteiger partial charge in [0.15, 0.2) is 0 Å². The van der Waals surface area contributed by atoms with E-state index in [2.05, 4.69) is 0 Å². The van der Waals surface area contributed by atoms with Crippen LogP contribution in [0, 0.1) is 0 Å². The molecule has 1 aromatic carbocycles. The molecule has 0 spiro atoms. The minimum absolute atomic E-state index is 0. The van der Waals surface area contributed by atoms with E-state index in [4.69, 9.17) is 4.79 Å². The predicted octanol–water partition coefficient (Wildman–Crippen LogP) is 1.52. The Labute approximate surface area is 69.1 Å². The molecule has 0 atom stereocenters. The van der Waals surface area contributed by atoms with Crippen LogP contribution in [0.5, 0.6) is 0 Å². The summed E-state index contributed by atoms with van der Waals surface area (Å²) in [4.78, 5) is 8.68. The van der Waals surface area contributed by atoms with E-state index in [-0.39, 0.29) is 20.4 Å². The van der Waals surface area contributed by atoms with Crippen molar-refractivity contribution in [1.29, 1.82) is 0 Å². The Kier molecular flexibility index (Phi) is 13.5. The minimum atomic E-state index is 0. The molecule has 1 nitrogen and oxygen atoms in total. The zero-order valence-electron chi connectivity index (χ0n) is 5.17. The molecule has 9 heavy (non-hydrogen) atoms. The molecule has 0 aliphatic carbocycles. The molecular formula is C7H8ORe-2. The quantitative estimate of drug-likeness (QED) is 0.663. The molecule has 0 aliphatic heterocycles. The van der Waals surface area contributed by atoms with Crippen molar-refractivity contribution >= 4 is 6.29 Å². The van der Waals surface area contributed by atoms with Crippen LogP contribution < -0.4 is 0 Å². The maximum Gasteiger partial charge on any atom is 0 e. The molecule has 0 aliphatic rings. The van der Waals surface area contributed by atoms with Gasteiger partial charge in [0.05, 0.1) is 0 Å². The number of carbonyl (C=O) groups excluding carboxylic acids is 1. The molecule has 0 heterocycles. The van der Waals surface area contributed by atoms with Crippen LogP contribution in [0.3, 0.4) is 0 Å². The van der Waals surface area contributed by atoms with Crippen molar-refractivity contribution in [2.24, 2.45) is 0 Å². The molecule has 0 bridgehead atoms. The summed E-state index contributed by atoms with van der Waals surface area (Å²) in [6.07, 6.45) is 1.50. The van der Waals surface area contributed by atoms with Gasteiger partial charge in [-0.25, -0.2) is 12.1 Å². The van der Waals surface area contributed by atoms with Crippen molar-refractivity contribution in [3.05, 3.63) is 30.3 Å². The third-order valence-electron chi connectivity index (χ3n) is 0.556. The van der Waals surface area contributed by atoms with Gasteiger partial charge < -0.3 is 4.79 Å². The Bertz CT molecular complexity index is 95.3. The van der Waals surface area contributed by atoms with Crippen molar-refractivity contribution in [3.63, 3.8) is 0 Å². The van der Waals surface area contributed by atoms with Crippen LogP contribution in [0.4, 0.5) is 0 Å². The molecule has 1 rings (SSSR count). The molecule has 1 radical (unpaired) electrons. The van der Waals surface area contributed by atoms with Crippen LogP contribution in [-0.4, -0.2) is 6.29 Å². The Hall–Kier alpha value is -0.318. The van der Waals surface area contributed by atoms with Gasteiger partial charge in [0, 0.05) is 20.4 Å². The summed E-state index contributed by atoms with van der Waals surface area (Å²) in [7, 11) is 0. The smallest absolute Gasteiger partial charge is 0 e. The van der Waals surface area contributed by atoms with E-state index < -0.39 is 0 Å². The molecule has 0 aromatic heterocycles. The Morgan fingerprint density at radius 2 is 1.67 bits per heavy atom. The number of hydrogen-bond donors (Lipinski definition) is 0. The first-order chi connectivity index (χ1) is 3.91. The van der Waals surface area contributed by atoms with Crippen molar-refractivity contribution in [1.82, 2.24) is 0 Å². The van der Waals surface area contributed by atoms with Crippen LogP contribution in [0.2, 0.25) is 0 Å². The summed E-state index contributed by atoms with van der Waals surface area (Å²) in [5.41, 5.74) is 0. The van der Waals surface area contributed by atoms with E-state index in [1.54, 1.807) is 0 Å². The maximum absolute atomic E-state index is 8.68. The maximum atomic E-state index is 8.68. The molecule has 51 valence electrons. The number of hydrogen-bond acceptors (Lipinski definition) is 1. The molecule has 0 fully saturated rings. The summed E-state index contributed by atoms with van der Waals surface area (Å²) in [5.74, 6) is 0. The summed E-state index contributed by atoms with van der Waals surface area (Å²) < 4.78 is 0. The van der Waals surface area contributed by atoms with Gasteiger partial charge in [-0.2, -0.15) is 25.1 Å². The Morgan fingerprint density at radius 1 is 1.33 bits per heavy atom. The monoisotopic (exact) mass is 295 g/mol. The van der Waals surface area contributed by atoms with E-state index in [0.29, 0.717) is 0 Å². The van der Waals surface area contributed by atoms with Gasteiger partial charge in [-0.3, -0.25) is 6.29 Å². The van der Waals surface area contributed by atoms with Crippen molar-refractivity contribution < 1.29 is 25.2 Å². The zero-order valence-corrected chi connectivity index (χ0v) is 7.89. The molecule has 1 aromatic rings. The van der Waals surface area contributed by atoms with Gasteiger partial charge in [0.2, 0.25) is 0 Å². The fourth-order valence-corrected chi connectivity index (χ4v) is 0.321. The van der Waals surface area contributed by atoms with Gasteiger partial charge >= 0.3 is 0 Å². The van der Waals surface area contributed by atoms with E-state index >= 15 is 0 Å². The molecule has 0 unspecified atom stereocenters. The van der Waals surface area contributed by atoms with E-state index in [9.17, 15) is 0 Å². The van der Waals surface area contributed by atoms with Gasteiger partial charge in [0.1, 0.15) is 0 Å². The van der Waals surface area contributed by atoms with Crippen molar-refractivity contribution in [2.45, 2.75) is 6.92 Å². The van der Waals surface area contributed by atoms with Crippen LogP contribution in [-0.2, 0) is 25.2 Å². The normalized spacial score (nSPS) is 5.89. The first kappa shape index (κ1) is 11.5. The van der Waals surface area contributed by atoms with Gasteiger partial charge in [-0.05, 0) is 0 Å². The molecular weight excluding hydrogens is 286 g/mol. The SMILES string of the molecule is C[C-]=O.[Re].c1cc[cH-]c1. The second kappa shape index (κ2) is 10.6. The van der Waals surface area contributed by atoms with Gasteiger partial charge in [-0.15, -0.1) is 0 Å². The van der Waals surface area contributed by atoms with Crippen molar-refractivity contribution in [2.75, 3.05) is 0 Å². The largest absolute Gasteiger partial charge is 0.542 e. The minimum Gasteiger partial charge on any atom is -0.542 e.